The number of carbonyl (C=O) groups excluding carboxylic acids is 1. The molecule has 1 N–H and O–H groups in total. The van der Waals surface area contributed by atoms with E-state index in [4.69, 9.17) is 0 Å². The molecule has 1 atom stereocenters. The van der Waals surface area contributed by atoms with E-state index in [9.17, 15) is 4.79 Å². The summed E-state index contributed by atoms with van der Waals surface area (Å²) in [5, 5.41) is 3.01. The van der Waals surface area contributed by atoms with Crippen LogP contribution in [0.15, 0.2) is 12.7 Å². The summed E-state index contributed by atoms with van der Waals surface area (Å²) in [5.41, 5.74) is 0.636. The van der Waals surface area contributed by atoms with Gasteiger partial charge < -0.3 is 5.32 Å². The lowest BCUT2D eigenvalue weighted by Crippen LogP contribution is -2.37. The summed E-state index contributed by atoms with van der Waals surface area (Å²) in [5.74, 6) is -0.0114. The topological polar surface area (TPSA) is 29.1 Å². The fourth-order valence-electron chi connectivity index (χ4n) is 2.46. The largest absolute Gasteiger partial charge is 0.350 e. The van der Waals surface area contributed by atoms with Crippen molar-refractivity contribution in [3.8, 4) is 0 Å². The van der Waals surface area contributed by atoms with Crippen LogP contribution in [0.2, 0.25) is 0 Å². The van der Waals surface area contributed by atoms with Gasteiger partial charge in [0.05, 0.1) is 0 Å². The van der Waals surface area contributed by atoms with Crippen molar-refractivity contribution in [1.29, 1.82) is 0 Å². The smallest absolute Gasteiger partial charge is 0.243 e. The van der Waals surface area contributed by atoms with E-state index in [1.807, 2.05) is 0 Å². The summed E-state index contributed by atoms with van der Waals surface area (Å²) in [4.78, 5) is 11.1. The summed E-state index contributed by atoms with van der Waals surface area (Å²) in [7, 11) is 0. The first kappa shape index (κ1) is 8.79. The Hall–Kier alpha value is -0.790. The van der Waals surface area contributed by atoms with Crippen molar-refractivity contribution in [2.45, 2.75) is 44.6 Å². The van der Waals surface area contributed by atoms with Gasteiger partial charge in [-0.3, -0.25) is 4.79 Å². The first-order chi connectivity index (χ1) is 6.24. The molecule has 2 heteroatoms. The molecular weight excluding hydrogens is 162 g/mol. The molecule has 0 aromatic rings. The summed E-state index contributed by atoms with van der Waals surface area (Å²) < 4.78 is 0. The average Bonchev–Trinajstić information content (AvgIpc) is 2.85. The van der Waals surface area contributed by atoms with Crippen LogP contribution in [-0.4, -0.2) is 11.9 Å². The molecule has 72 valence electrons. The van der Waals surface area contributed by atoms with Crippen LogP contribution in [0.25, 0.3) is 0 Å². The lowest BCUT2D eigenvalue weighted by atomic mass is 9.83. The van der Waals surface area contributed by atoms with E-state index >= 15 is 0 Å². The average molecular weight is 179 g/mol. The Morgan fingerprint density at radius 1 is 1.46 bits per heavy atom. The minimum Gasteiger partial charge on any atom is -0.350 e. The van der Waals surface area contributed by atoms with Gasteiger partial charge in [-0.05, 0) is 43.6 Å². The molecule has 1 amide bonds. The molecule has 0 aromatic carbocycles. The van der Waals surface area contributed by atoms with Crippen LogP contribution >= 0.6 is 0 Å². The standard InChI is InChI=1S/C11H17NO/c1-2-10(13)12-9-4-3-5-11(8-9)6-7-11/h2,9H,1,3-8H2,(H,12,13). The molecule has 2 rings (SSSR count). The minimum atomic E-state index is -0.0114. The van der Waals surface area contributed by atoms with Gasteiger partial charge >= 0.3 is 0 Å². The lowest BCUT2D eigenvalue weighted by Gasteiger charge is -2.29. The SMILES string of the molecule is C=CC(=O)NC1CCCC2(CC2)C1. The van der Waals surface area contributed by atoms with Gasteiger partial charge in [-0.25, -0.2) is 0 Å². The van der Waals surface area contributed by atoms with Crippen LogP contribution in [0, 0.1) is 5.41 Å². The van der Waals surface area contributed by atoms with Gasteiger partial charge in [0.1, 0.15) is 0 Å². The summed E-state index contributed by atoms with van der Waals surface area (Å²) in [6, 6.07) is 0.418. The molecule has 1 unspecified atom stereocenters. The van der Waals surface area contributed by atoms with Crippen molar-refractivity contribution in [3.63, 3.8) is 0 Å². The van der Waals surface area contributed by atoms with Gasteiger partial charge in [-0.1, -0.05) is 13.0 Å². The van der Waals surface area contributed by atoms with E-state index in [2.05, 4.69) is 11.9 Å². The number of rotatable bonds is 2. The summed E-state index contributed by atoms with van der Waals surface area (Å²) >= 11 is 0. The third kappa shape index (κ3) is 1.93. The molecule has 0 bridgehead atoms. The maximum Gasteiger partial charge on any atom is 0.243 e. The zero-order valence-electron chi connectivity index (χ0n) is 8.01. The minimum absolute atomic E-state index is 0.0114. The molecule has 2 nitrogen and oxygen atoms in total. The maximum atomic E-state index is 11.1. The summed E-state index contributed by atoms with van der Waals surface area (Å²) in [6.45, 7) is 3.47. The van der Waals surface area contributed by atoms with Gasteiger partial charge in [0.15, 0.2) is 0 Å². The highest BCUT2D eigenvalue weighted by Crippen LogP contribution is 2.56. The predicted octanol–water partition coefficient (Wildman–Crippen LogP) is 2.01. The Balaban J connectivity index is 1.85. The van der Waals surface area contributed by atoms with Crippen LogP contribution in [0.5, 0.6) is 0 Å². The molecule has 2 aliphatic rings. The molecule has 0 aromatic heterocycles. The molecule has 2 saturated carbocycles. The van der Waals surface area contributed by atoms with Crippen LogP contribution in [0.3, 0.4) is 0 Å². The molecule has 0 aliphatic heterocycles. The van der Waals surface area contributed by atoms with E-state index in [1.165, 1.54) is 38.2 Å². The van der Waals surface area contributed by atoms with Gasteiger partial charge in [0.25, 0.3) is 0 Å². The van der Waals surface area contributed by atoms with E-state index in [1.54, 1.807) is 0 Å². The van der Waals surface area contributed by atoms with E-state index in [-0.39, 0.29) is 5.91 Å². The van der Waals surface area contributed by atoms with Gasteiger partial charge in [-0.15, -0.1) is 0 Å². The Morgan fingerprint density at radius 2 is 2.23 bits per heavy atom. The van der Waals surface area contributed by atoms with Gasteiger partial charge in [-0.2, -0.15) is 0 Å². The number of hydrogen-bond donors (Lipinski definition) is 1. The predicted molar refractivity (Wildman–Crippen MR) is 52.3 cm³/mol. The number of amides is 1. The van der Waals surface area contributed by atoms with Crippen LogP contribution in [0.1, 0.15) is 38.5 Å². The second kappa shape index (κ2) is 3.17. The molecule has 13 heavy (non-hydrogen) atoms. The monoisotopic (exact) mass is 179 g/mol. The molecule has 2 fully saturated rings. The molecule has 2 aliphatic carbocycles. The van der Waals surface area contributed by atoms with Crippen molar-refractivity contribution >= 4 is 5.91 Å². The third-order valence-corrected chi connectivity index (χ3v) is 3.43. The molecule has 0 radical (unpaired) electrons. The second-order valence-corrected chi connectivity index (χ2v) is 4.51. The lowest BCUT2D eigenvalue weighted by molar-refractivity contribution is -0.117. The fraction of sp³-hybridized carbons (Fsp3) is 0.727. The molecule has 0 heterocycles. The third-order valence-electron chi connectivity index (χ3n) is 3.43. The Bertz CT molecular complexity index is 230. The normalized spacial score (nSPS) is 29.7. The van der Waals surface area contributed by atoms with Crippen molar-refractivity contribution in [2.75, 3.05) is 0 Å². The Labute approximate surface area is 79.4 Å². The molecule has 0 saturated heterocycles. The first-order valence-electron chi connectivity index (χ1n) is 5.17. The highest BCUT2D eigenvalue weighted by molar-refractivity contribution is 5.87. The number of carbonyl (C=O) groups is 1. The van der Waals surface area contributed by atoms with Crippen LogP contribution < -0.4 is 5.32 Å². The van der Waals surface area contributed by atoms with E-state index in [0.717, 1.165) is 6.42 Å². The number of nitrogens with one attached hydrogen (secondary N) is 1. The van der Waals surface area contributed by atoms with Crippen molar-refractivity contribution < 1.29 is 4.79 Å². The van der Waals surface area contributed by atoms with Gasteiger partial charge in [0, 0.05) is 6.04 Å². The molecular formula is C11H17NO. The zero-order valence-corrected chi connectivity index (χ0v) is 8.01. The van der Waals surface area contributed by atoms with Crippen LogP contribution in [0.4, 0.5) is 0 Å². The highest BCUT2D eigenvalue weighted by Gasteiger charge is 2.45. The fourth-order valence-corrected chi connectivity index (χ4v) is 2.46. The highest BCUT2D eigenvalue weighted by atomic mass is 16.1. The van der Waals surface area contributed by atoms with E-state index in [0.29, 0.717) is 11.5 Å². The van der Waals surface area contributed by atoms with Crippen molar-refractivity contribution in [3.05, 3.63) is 12.7 Å². The van der Waals surface area contributed by atoms with Gasteiger partial charge in [0.2, 0.25) is 5.91 Å². The van der Waals surface area contributed by atoms with Crippen molar-refractivity contribution in [1.82, 2.24) is 5.32 Å². The quantitative estimate of drug-likeness (QED) is 0.645. The number of hydrogen-bond acceptors (Lipinski definition) is 1. The van der Waals surface area contributed by atoms with Crippen LogP contribution in [-0.2, 0) is 4.79 Å². The zero-order chi connectivity index (χ0) is 9.31. The first-order valence-corrected chi connectivity index (χ1v) is 5.17. The Morgan fingerprint density at radius 3 is 2.85 bits per heavy atom. The summed E-state index contributed by atoms with van der Waals surface area (Å²) in [6.07, 6.45) is 9.15. The Kier molecular flexibility index (Phi) is 2.14. The molecule has 1 spiro atoms. The second-order valence-electron chi connectivity index (χ2n) is 4.51. The van der Waals surface area contributed by atoms with E-state index < -0.39 is 0 Å². The maximum absolute atomic E-state index is 11.1. The van der Waals surface area contributed by atoms with Crippen molar-refractivity contribution in [2.24, 2.45) is 5.41 Å².